The third kappa shape index (κ3) is 5.19. The molecule has 9 aromatic rings. The van der Waals surface area contributed by atoms with Gasteiger partial charge in [-0.25, -0.2) is 0 Å². The van der Waals surface area contributed by atoms with Crippen LogP contribution in [0, 0.1) is 0 Å². The van der Waals surface area contributed by atoms with Gasteiger partial charge in [-0.2, -0.15) is 0 Å². The SMILES string of the molecule is c1ccc(-c2ccccc2-c2c(-c3ccccc3)nnnc2-c2ccccc2-c2c(-c3ccccc3)ccc3[se]c4ccccc4c23)cc1. The molecule has 0 aliphatic rings. The third-order valence-corrected chi connectivity index (χ3v) is 11.6. The van der Waals surface area contributed by atoms with Crippen molar-refractivity contribution < 1.29 is 0 Å². The number of rotatable bonds is 6. The van der Waals surface area contributed by atoms with Crippen LogP contribution in [-0.4, -0.2) is 29.9 Å². The normalized spacial score (nSPS) is 11.3. The van der Waals surface area contributed by atoms with E-state index in [-0.39, 0.29) is 14.5 Å². The number of fused-ring (bicyclic) bond motifs is 3. The molecule has 0 saturated heterocycles. The zero-order valence-corrected chi connectivity index (χ0v) is 28.2. The van der Waals surface area contributed by atoms with Gasteiger partial charge in [0.2, 0.25) is 0 Å². The van der Waals surface area contributed by atoms with Gasteiger partial charge in [-0.05, 0) is 0 Å². The van der Waals surface area contributed by atoms with Gasteiger partial charge in [0.1, 0.15) is 0 Å². The summed E-state index contributed by atoms with van der Waals surface area (Å²) >= 11 is 0.224. The Morgan fingerprint density at radius 1 is 0.327 bits per heavy atom. The van der Waals surface area contributed by atoms with Crippen LogP contribution in [0.25, 0.3) is 86.3 Å². The van der Waals surface area contributed by atoms with Crippen molar-refractivity contribution in [2.75, 3.05) is 0 Å². The number of aromatic nitrogens is 3. The van der Waals surface area contributed by atoms with Gasteiger partial charge in [0.25, 0.3) is 0 Å². The summed E-state index contributed by atoms with van der Waals surface area (Å²) in [5.74, 6) is 0. The monoisotopic (exact) mass is 691 g/mol. The average molecular weight is 691 g/mol. The van der Waals surface area contributed by atoms with Gasteiger partial charge < -0.3 is 0 Å². The zero-order valence-electron chi connectivity index (χ0n) is 26.5. The number of nitrogens with zero attached hydrogens (tertiary/aromatic N) is 3. The summed E-state index contributed by atoms with van der Waals surface area (Å²) in [7, 11) is 0. The maximum absolute atomic E-state index is 4.92. The van der Waals surface area contributed by atoms with Gasteiger partial charge in [0.05, 0.1) is 0 Å². The fourth-order valence-electron chi connectivity index (χ4n) is 7.00. The second kappa shape index (κ2) is 12.6. The molecule has 49 heavy (non-hydrogen) atoms. The molecular weight excluding hydrogens is 661 g/mol. The standard InChI is InChI=1S/C45H29N3Se/c1-4-16-30(17-5-1)33-22-10-11-23-35(33)43-44(32-20-8-3-9-21-32)46-48-47-45(43)37-25-13-12-24-36(37)41-34(31-18-6-2-7-19-31)28-29-40-42(41)38-26-14-15-27-39(38)49-40/h1-29H. The molecule has 2 aromatic heterocycles. The topological polar surface area (TPSA) is 38.7 Å². The molecule has 0 unspecified atom stereocenters. The van der Waals surface area contributed by atoms with Gasteiger partial charge in [0.15, 0.2) is 0 Å². The molecule has 0 N–H and O–H groups in total. The van der Waals surface area contributed by atoms with Crippen molar-refractivity contribution in [1.82, 2.24) is 15.4 Å². The summed E-state index contributed by atoms with van der Waals surface area (Å²) in [5.41, 5.74) is 12.7. The number of hydrogen-bond acceptors (Lipinski definition) is 3. The Kier molecular flexibility index (Phi) is 7.51. The second-order valence-electron chi connectivity index (χ2n) is 12.0. The van der Waals surface area contributed by atoms with Crippen molar-refractivity contribution in [1.29, 1.82) is 0 Å². The van der Waals surface area contributed by atoms with E-state index in [1.54, 1.807) is 0 Å². The van der Waals surface area contributed by atoms with Gasteiger partial charge in [0, 0.05) is 0 Å². The number of hydrogen-bond donors (Lipinski definition) is 0. The van der Waals surface area contributed by atoms with E-state index >= 15 is 0 Å². The molecule has 0 fully saturated rings. The Balaban J connectivity index is 1.40. The van der Waals surface area contributed by atoms with E-state index in [2.05, 4.69) is 175 Å². The molecule has 0 amide bonds. The van der Waals surface area contributed by atoms with E-state index in [4.69, 9.17) is 10.2 Å². The second-order valence-corrected chi connectivity index (χ2v) is 14.3. The van der Waals surface area contributed by atoms with E-state index in [1.807, 2.05) is 6.07 Å². The molecule has 7 aromatic carbocycles. The molecule has 0 bridgehead atoms. The predicted molar refractivity (Wildman–Crippen MR) is 204 cm³/mol. The van der Waals surface area contributed by atoms with Crippen LogP contribution in [0.1, 0.15) is 0 Å². The Bertz CT molecular complexity index is 2590. The third-order valence-electron chi connectivity index (χ3n) is 9.17. The van der Waals surface area contributed by atoms with Crippen LogP contribution in [0.5, 0.6) is 0 Å². The van der Waals surface area contributed by atoms with Crippen LogP contribution < -0.4 is 0 Å². The number of benzene rings is 7. The minimum absolute atomic E-state index is 0.224. The van der Waals surface area contributed by atoms with Crippen LogP contribution in [0.15, 0.2) is 176 Å². The predicted octanol–water partition coefficient (Wildman–Crippen LogP) is 11.2. The van der Waals surface area contributed by atoms with E-state index in [0.29, 0.717) is 0 Å². The first-order valence-electron chi connectivity index (χ1n) is 16.4. The molecule has 0 aliphatic heterocycles. The molecule has 9 rings (SSSR count). The van der Waals surface area contributed by atoms with Gasteiger partial charge in [-0.3, -0.25) is 0 Å². The van der Waals surface area contributed by atoms with Crippen LogP contribution in [0.4, 0.5) is 0 Å². The fourth-order valence-corrected chi connectivity index (χ4v) is 9.34. The molecule has 230 valence electrons. The van der Waals surface area contributed by atoms with Crippen LogP contribution in [0.3, 0.4) is 0 Å². The average Bonchev–Trinajstić information content (AvgIpc) is 3.57. The first-order valence-corrected chi connectivity index (χ1v) is 18.1. The molecule has 0 spiro atoms. The first kappa shape index (κ1) is 29.2. The van der Waals surface area contributed by atoms with E-state index in [9.17, 15) is 0 Å². The van der Waals surface area contributed by atoms with Gasteiger partial charge in [-0.1, -0.05) is 6.07 Å². The van der Waals surface area contributed by atoms with Crippen LogP contribution in [-0.2, 0) is 0 Å². The summed E-state index contributed by atoms with van der Waals surface area (Å²) in [6.07, 6.45) is 0. The van der Waals surface area contributed by atoms with E-state index in [1.165, 1.54) is 36.0 Å². The van der Waals surface area contributed by atoms with Gasteiger partial charge >= 0.3 is 286 Å². The van der Waals surface area contributed by atoms with E-state index in [0.717, 1.165) is 50.3 Å². The Morgan fingerprint density at radius 2 is 0.837 bits per heavy atom. The molecule has 2 heterocycles. The Morgan fingerprint density at radius 3 is 1.53 bits per heavy atom. The van der Waals surface area contributed by atoms with Crippen molar-refractivity contribution in [2.45, 2.75) is 0 Å². The summed E-state index contributed by atoms with van der Waals surface area (Å²) in [6.45, 7) is 0. The molecule has 0 saturated carbocycles. The van der Waals surface area contributed by atoms with Crippen LogP contribution >= 0.6 is 0 Å². The minimum atomic E-state index is 0.224. The Labute approximate surface area is 290 Å². The van der Waals surface area contributed by atoms with Crippen molar-refractivity contribution in [3.05, 3.63) is 176 Å². The molecule has 0 radical (unpaired) electrons. The molecule has 0 aliphatic carbocycles. The van der Waals surface area contributed by atoms with Crippen molar-refractivity contribution in [3.63, 3.8) is 0 Å². The quantitative estimate of drug-likeness (QED) is 0.163. The fraction of sp³-hybridized carbons (Fsp3) is 0. The zero-order chi connectivity index (χ0) is 32.6. The summed E-state index contributed by atoms with van der Waals surface area (Å²) in [5, 5.41) is 16.8. The van der Waals surface area contributed by atoms with Crippen LogP contribution in [0.2, 0.25) is 0 Å². The molecule has 0 atom stereocenters. The molecule has 3 nitrogen and oxygen atoms in total. The molecule has 4 heteroatoms. The van der Waals surface area contributed by atoms with Crippen molar-refractivity contribution >= 4 is 33.8 Å². The van der Waals surface area contributed by atoms with Gasteiger partial charge in [-0.15, -0.1) is 0 Å². The summed E-state index contributed by atoms with van der Waals surface area (Å²) in [4.78, 5) is 0. The van der Waals surface area contributed by atoms with E-state index < -0.39 is 0 Å². The summed E-state index contributed by atoms with van der Waals surface area (Å²) < 4.78 is 2.82. The maximum atomic E-state index is 4.92. The molecular formula is C45H29N3Se. The first-order chi connectivity index (χ1) is 24.3. The summed E-state index contributed by atoms with van der Waals surface area (Å²) in [6, 6.07) is 62.5. The van der Waals surface area contributed by atoms with Crippen molar-refractivity contribution in [3.8, 4) is 67.0 Å². The van der Waals surface area contributed by atoms with Crippen molar-refractivity contribution in [2.24, 2.45) is 0 Å². The Hall–Kier alpha value is -5.93.